The van der Waals surface area contributed by atoms with E-state index >= 15 is 0 Å². The Labute approximate surface area is 251 Å². The van der Waals surface area contributed by atoms with E-state index in [1.807, 2.05) is 0 Å². The highest BCUT2D eigenvalue weighted by molar-refractivity contribution is 6.24. The number of fused-ring (bicyclic) bond motifs is 7. The third-order valence-electron chi connectivity index (χ3n) is 6.38. The molecular weight excluding hydrogens is 460 g/mol. The Morgan fingerprint density at radius 1 is 0.500 bits per heavy atom. The summed E-state index contributed by atoms with van der Waals surface area (Å²) in [5.74, 6) is 0. The molecule has 0 fully saturated rings. The molecule has 0 aliphatic heterocycles. The molecule has 0 saturated heterocycles. The quantitative estimate of drug-likeness (QED) is 0.217. The Bertz CT molecular complexity index is 3260. The standard InChI is InChI=1S/C37H24O/c1-2-11-24(12-3-1)23-33-27-15-6-8-17-29(27)35(30-18-9-7-16-28(30)33)31-19-10-20-34-36(31)32-22-21-25-13-4-5-14-26(25)37(32)38-34/h1-22H,23H2/i1D,2D,3D,4D,5D,6D,7D,8D,9D,10D,11D,12D,13D,14D,15D,16D,17D,18D,19D,20D,21D,22D. The van der Waals surface area contributed by atoms with Crippen LogP contribution in [0.2, 0.25) is 0 Å². The van der Waals surface area contributed by atoms with E-state index in [-0.39, 0.29) is 16.5 Å². The predicted molar refractivity (Wildman–Crippen MR) is 161 cm³/mol. The summed E-state index contributed by atoms with van der Waals surface area (Å²) < 4.78 is 199. The minimum atomic E-state index is -0.859. The van der Waals surface area contributed by atoms with Crippen LogP contribution in [0.5, 0.6) is 0 Å². The first-order chi connectivity index (χ1) is 28.0. The molecule has 178 valence electrons. The molecule has 0 radical (unpaired) electrons. The van der Waals surface area contributed by atoms with Gasteiger partial charge in [-0.2, -0.15) is 0 Å². The zero-order chi connectivity index (χ0) is 44.2. The fraction of sp³-hybridized carbons (Fsp3) is 0.0270. The molecule has 8 aromatic rings. The van der Waals surface area contributed by atoms with E-state index < -0.39 is 199 Å². The second-order valence-corrected chi connectivity index (χ2v) is 8.39. The topological polar surface area (TPSA) is 13.1 Å². The summed E-state index contributed by atoms with van der Waals surface area (Å²) in [7, 11) is 0. The van der Waals surface area contributed by atoms with Crippen molar-refractivity contribution >= 4 is 54.3 Å². The van der Waals surface area contributed by atoms with Crippen molar-refractivity contribution in [3.63, 3.8) is 0 Å². The van der Waals surface area contributed by atoms with Gasteiger partial charge in [0.2, 0.25) is 0 Å². The maximum absolute atomic E-state index is 9.37. The predicted octanol–water partition coefficient (Wildman–Crippen LogP) is 10.3. The average Bonchev–Trinajstić information content (AvgIpc) is 3.62. The summed E-state index contributed by atoms with van der Waals surface area (Å²) in [6, 6.07) is -17.0. The third kappa shape index (κ3) is 3.12. The fourth-order valence-electron chi connectivity index (χ4n) is 4.83. The molecule has 7 aromatic carbocycles. The lowest BCUT2D eigenvalue weighted by Gasteiger charge is -2.18. The van der Waals surface area contributed by atoms with Gasteiger partial charge in [0.05, 0.1) is 30.2 Å². The van der Waals surface area contributed by atoms with E-state index in [1.54, 1.807) is 0 Å². The monoisotopic (exact) mass is 506 g/mol. The van der Waals surface area contributed by atoms with Crippen LogP contribution in [0.15, 0.2) is 137 Å². The van der Waals surface area contributed by atoms with E-state index in [4.69, 9.17) is 26.3 Å². The SMILES string of the molecule is [2H]c1c([2H])c([2H])c(Cc2c3c([2H])c([2H])c([2H])c([2H])c3c(-c3c([2H])c([2H])c([2H])c4oc5c6c([2H])c([2H])c([2H])c([2H])c6c([2H])c([2H])c5c34)c3c([2H])c([2H])c([2H])c([2H])c23)c([2H])c1[2H]. The summed E-state index contributed by atoms with van der Waals surface area (Å²) in [4.78, 5) is 0. The van der Waals surface area contributed by atoms with Gasteiger partial charge >= 0.3 is 0 Å². The molecule has 0 unspecified atom stereocenters. The van der Waals surface area contributed by atoms with Crippen LogP contribution >= 0.6 is 0 Å². The Morgan fingerprint density at radius 2 is 1.13 bits per heavy atom. The molecular formula is C37H24O. The van der Waals surface area contributed by atoms with Gasteiger partial charge < -0.3 is 4.42 Å². The van der Waals surface area contributed by atoms with Crippen LogP contribution in [0.1, 0.15) is 41.3 Å². The first kappa shape index (κ1) is 8.85. The second-order valence-electron chi connectivity index (χ2n) is 8.39. The van der Waals surface area contributed by atoms with Crippen LogP contribution in [-0.2, 0) is 6.42 Å². The lowest BCUT2D eigenvalue weighted by Crippen LogP contribution is -1.95. The Hall–Kier alpha value is -4.88. The largest absolute Gasteiger partial charge is 0.455 e. The van der Waals surface area contributed by atoms with Crippen molar-refractivity contribution in [1.82, 2.24) is 0 Å². The average molecular weight is 507 g/mol. The number of rotatable bonds is 3. The van der Waals surface area contributed by atoms with Gasteiger partial charge in [0, 0.05) is 16.2 Å². The summed E-state index contributed by atoms with van der Waals surface area (Å²) >= 11 is 0. The van der Waals surface area contributed by atoms with Gasteiger partial charge in [0.1, 0.15) is 11.2 Å². The van der Waals surface area contributed by atoms with E-state index in [2.05, 4.69) is 0 Å². The van der Waals surface area contributed by atoms with E-state index in [0.29, 0.717) is 0 Å². The van der Waals surface area contributed by atoms with Crippen LogP contribution < -0.4 is 0 Å². The second kappa shape index (κ2) is 8.33. The molecule has 38 heavy (non-hydrogen) atoms. The number of furan rings is 1. The molecule has 1 heteroatoms. The van der Waals surface area contributed by atoms with Crippen molar-refractivity contribution in [2.75, 3.05) is 0 Å². The van der Waals surface area contributed by atoms with Gasteiger partial charge in [-0.15, -0.1) is 0 Å². The van der Waals surface area contributed by atoms with Gasteiger partial charge in [-0.05, 0) is 67.7 Å². The molecule has 0 aliphatic carbocycles. The van der Waals surface area contributed by atoms with E-state index in [1.165, 1.54) is 0 Å². The molecule has 8 rings (SSSR count). The molecule has 1 heterocycles. The van der Waals surface area contributed by atoms with Gasteiger partial charge in [-0.25, -0.2) is 0 Å². The van der Waals surface area contributed by atoms with Crippen LogP contribution in [0.4, 0.5) is 0 Å². The van der Waals surface area contributed by atoms with Gasteiger partial charge in [0.15, 0.2) is 0 Å². The highest BCUT2D eigenvalue weighted by Crippen LogP contribution is 2.45. The van der Waals surface area contributed by atoms with Crippen molar-refractivity contribution in [1.29, 1.82) is 0 Å². The summed E-state index contributed by atoms with van der Waals surface area (Å²) in [5.41, 5.74) is -2.76. The normalized spacial score (nSPS) is 19.9. The fourth-order valence-corrected chi connectivity index (χ4v) is 4.83. The maximum Gasteiger partial charge on any atom is 0.143 e. The molecule has 1 aromatic heterocycles. The van der Waals surface area contributed by atoms with Crippen molar-refractivity contribution in [2.45, 2.75) is 6.42 Å². The minimum absolute atomic E-state index is 0.305. The molecule has 0 atom stereocenters. The smallest absolute Gasteiger partial charge is 0.143 e. The lowest BCUT2D eigenvalue weighted by molar-refractivity contribution is 0.673. The Kier molecular flexibility index (Phi) is 1.94. The zero-order valence-corrected chi connectivity index (χ0v) is 19.1. The maximum atomic E-state index is 9.37. The van der Waals surface area contributed by atoms with Crippen LogP contribution in [0, 0.1) is 0 Å². The van der Waals surface area contributed by atoms with Crippen LogP contribution in [0.25, 0.3) is 65.4 Å². The summed E-state index contributed by atoms with van der Waals surface area (Å²) in [5, 5.41) is -3.54. The van der Waals surface area contributed by atoms with Crippen LogP contribution in [-0.4, -0.2) is 0 Å². The molecule has 0 N–H and O–H groups in total. The summed E-state index contributed by atoms with van der Waals surface area (Å²) in [6.07, 6.45) is -0.736. The van der Waals surface area contributed by atoms with Crippen molar-refractivity contribution < 1.29 is 34.6 Å². The Morgan fingerprint density at radius 3 is 1.87 bits per heavy atom. The van der Waals surface area contributed by atoms with E-state index in [0.717, 1.165) is 0 Å². The molecule has 0 spiro atoms. The first-order valence-electron chi connectivity index (χ1n) is 22.4. The van der Waals surface area contributed by atoms with Crippen LogP contribution in [0.3, 0.4) is 0 Å². The summed E-state index contributed by atoms with van der Waals surface area (Å²) in [6.45, 7) is 0. The van der Waals surface area contributed by atoms with Crippen molar-refractivity contribution in [2.24, 2.45) is 0 Å². The molecule has 1 nitrogen and oxygen atoms in total. The first-order valence-corrected chi connectivity index (χ1v) is 11.4. The number of hydrogen-bond donors (Lipinski definition) is 0. The van der Waals surface area contributed by atoms with Gasteiger partial charge in [-0.3, -0.25) is 0 Å². The highest BCUT2D eigenvalue weighted by Gasteiger charge is 2.20. The zero-order valence-electron chi connectivity index (χ0n) is 41.1. The third-order valence-corrected chi connectivity index (χ3v) is 6.38. The highest BCUT2D eigenvalue weighted by atomic mass is 16.3. The number of benzene rings is 7. The van der Waals surface area contributed by atoms with Gasteiger partial charge in [0.25, 0.3) is 0 Å². The molecule has 0 saturated carbocycles. The van der Waals surface area contributed by atoms with Crippen molar-refractivity contribution in [3.8, 4) is 11.1 Å². The number of hydrogen-bond acceptors (Lipinski definition) is 1. The van der Waals surface area contributed by atoms with Gasteiger partial charge in [-0.1, -0.05) is 121 Å². The molecule has 0 aliphatic rings. The lowest BCUT2D eigenvalue weighted by atomic mass is 9.85. The molecule has 0 amide bonds. The minimum Gasteiger partial charge on any atom is -0.455 e. The molecule has 0 bridgehead atoms. The Balaban J connectivity index is 1.74. The van der Waals surface area contributed by atoms with E-state index in [9.17, 15) is 8.22 Å². The van der Waals surface area contributed by atoms with Crippen molar-refractivity contribution in [3.05, 3.63) is 144 Å².